The molecule has 1 amide bonds. The Balaban J connectivity index is 2.40. The van der Waals surface area contributed by atoms with Crippen molar-refractivity contribution < 1.29 is 14.8 Å². The zero-order valence-corrected chi connectivity index (χ0v) is 12.3. The van der Waals surface area contributed by atoms with E-state index in [9.17, 15) is 20.0 Å². The lowest BCUT2D eigenvalue weighted by molar-refractivity contribution is -0.384. The normalized spacial score (nSPS) is 17.9. The molecular weight excluding hydrogens is 298 g/mol. The van der Waals surface area contributed by atoms with E-state index in [0.29, 0.717) is 6.54 Å². The van der Waals surface area contributed by atoms with Gasteiger partial charge in [-0.1, -0.05) is 11.6 Å². The van der Waals surface area contributed by atoms with Gasteiger partial charge in [0.25, 0.3) is 11.6 Å². The van der Waals surface area contributed by atoms with Crippen molar-refractivity contribution in [2.45, 2.75) is 18.9 Å². The topological polar surface area (TPSA) is 95.7 Å². The van der Waals surface area contributed by atoms with Crippen LogP contribution in [0.4, 0.5) is 11.4 Å². The number of nitro groups is 1. The summed E-state index contributed by atoms with van der Waals surface area (Å²) >= 11 is 6.01. The number of likely N-dealkylation sites (tertiary alicyclic amines) is 1. The molecule has 2 rings (SSSR count). The van der Waals surface area contributed by atoms with Crippen molar-refractivity contribution in [1.82, 2.24) is 4.90 Å². The number of benzene rings is 1. The summed E-state index contributed by atoms with van der Waals surface area (Å²) in [6.45, 7) is 0.416. The van der Waals surface area contributed by atoms with Crippen molar-refractivity contribution in [3.8, 4) is 0 Å². The van der Waals surface area contributed by atoms with Gasteiger partial charge in [0.1, 0.15) is 5.69 Å². The Labute approximate surface area is 126 Å². The summed E-state index contributed by atoms with van der Waals surface area (Å²) < 4.78 is 0. The van der Waals surface area contributed by atoms with E-state index in [0.717, 1.165) is 12.8 Å². The molecule has 1 aliphatic heterocycles. The molecule has 0 spiro atoms. The van der Waals surface area contributed by atoms with Gasteiger partial charge in [0.05, 0.1) is 22.6 Å². The largest absolute Gasteiger partial charge is 0.394 e. The van der Waals surface area contributed by atoms with Crippen molar-refractivity contribution in [3.05, 3.63) is 32.8 Å². The number of carbonyl (C=O) groups is 1. The van der Waals surface area contributed by atoms with Gasteiger partial charge < -0.3 is 15.3 Å². The fourth-order valence-electron chi connectivity index (χ4n) is 2.57. The van der Waals surface area contributed by atoms with Crippen LogP contribution in [0.3, 0.4) is 0 Å². The van der Waals surface area contributed by atoms with Crippen LogP contribution in [-0.2, 0) is 0 Å². The minimum Gasteiger partial charge on any atom is -0.394 e. The number of carbonyl (C=O) groups excluding carboxylic acids is 1. The number of nitro benzene ring substituents is 1. The van der Waals surface area contributed by atoms with E-state index >= 15 is 0 Å². The van der Waals surface area contributed by atoms with E-state index in [1.165, 1.54) is 24.1 Å². The first-order valence-electron chi connectivity index (χ1n) is 6.57. The standard InChI is InChI=1S/C13H16ClN3O4/c1-15-12-10(14)5-8(6-11(12)17(20)21)13(19)16-4-2-3-9(16)7-18/h5-6,9,15,18H,2-4,7H2,1H3. The zero-order chi connectivity index (χ0) is 15.6. The van der Waals surface area contributed by atoms with Gasteiger partial charge >= 0.3 is 0 Å². The third kappa shape index (κ3) is 2.93. The first-order valence-corrected chi connectivity index (χ1v) is 6.95. The molecule has 2 N–H and O–H groups in total. The molecule has 1 saturated heterocycles. The fourth-order valence-corrected chi connectivity index (χ4v) is 2.87. The lowest BCUT2D eigenvalue weighted by Crippen LogP contribution is -2.37. The van der Waals surface area contributed by atoms with Gasteiger partial charge in [-0.2, -0.15) is 0 Å². The number of amides is 1. The summed E-state index contributed by atoms with van der Waals surface area (Å²) in [5.74, 6) is -0.348. The second-order valence-corrected chi connectivity index (χ2v) is 5.24. The third-order valence-electron chi connectivity index (χ3n) is 3.61. The lowest BCUT2D eigenvalue weighted by Gasteiger charge is -2.23. The number of nitrogens with zero attached hydrogens (tertiary/aromatic N) is 2. The summed E-state index contributed by atoms with van der Waals surface area (Å²) in [5, 5.41) is 23.1. The molecule has 7 nitrogen and oxygen atoms in total. The molecule has 0 aliphatic carbocycles. The molecule has 1 fully saturated rings. The Morgan fingerprint density at radius 2 is 2.33 bits per heavy atom. The van der Waals surface area contributed by atoms with Crippen LogP contribution in [0.1, 0.15) is 23.2 Å². The molecular formula is C13H16ClN3O4. The second-order valence-electron chi connectivity index (χ2n) is 4.84. The molecule has 1 unspecified atom stereocenters. The predicted molar refractivity (Wildman–Crippen MR) is 78.8 cm³/mol. The van der Waals surface area contributed by atoms with Crippen LogP contribution < -0.4 is 5.32 Å². The Morgan fingerprint density at radius 3 is 2.90 bits per heavy atom. The number of aliphatic hydroxyl groups is 1. The fraction of sp³-hybridized carbons (Fsp3) is 0.462. The molecule has 8 heteroatoms. The maximum atomic E-state index is 12.5. The lowest BCUT2D eigenvalue weighted by atomic mass is 10.1. The highest BCUT2D eigenvalue weighted by atomic mass is 35.5. The van der Waals surface area contributed by atoms with Crippen LogP contribution in [0.15, 0.2) is 12.1 Å². The molecule has 1 aliphatic rings. The van der Waals surface area contributed by atoms with E-state index in [1.54, 1.807) is 0 Å². The molecule has 0 saturated carbocycles. The average Bonchev–Trinajstić information content (AvgIpc) is 2.93. The van der Waals surface area contributed by atoms with Crippen molar-refractivity contribution in [2.75, 3.05) is 25.5 Å². The quantitative estimate of drug-likeness (QED) is 0.653. The van der Waals surface area contributed by atoms with Gasteiger partial charge in [0.15, 0.2) is 0 Å². The Morgan fingerprint density at radius 1 is 1.62 bits per heavy atom. The summed E-state index contributed by atoms with van der Waals surface area (Å²) in [7, 11) is 1.53. The number of hydrogen-bond donors (Lipinski definition) is 2. The van der Waals surface area contributed by atoms with Crippen LogP contribution >= 0.6 is 11.6 Å². The molecule has 1 atom stereocenters. The van der Waals surface area contributed by atoms with Gasteiger partial charge in [-0.3, -0.25) is 14.9 Å². The number of hydrogen-bond acceptors (Lipinski definition) is 5. The SMILES string of the molecule is CNc1c(Cl)cc(C(=O)N2CCCC2CO)cc1[N+](=O)[O-]. The molecule has 0 bridgehead atoms. The van der Waals surface area contributed by atoms with Crippen LogP contribution in [0.5, 0.6) is 0 Å². The highest BCUT2D eigenvalue weighted by molar-refractivity contribution is 6.34. The number of nitrogens with one attached hydrogen (secondary N) is 1. The zero-order valence-electron chi connectivity index (χ0n) is 11.5. The highest BCUT2D eigenvalue weighted by Gasteiger charge is 2.30. The molecule has 0 radical (unpaired) electrons. The Hall–Kier alpha value is -1.86. The smallest absolute Gasteiger partial charge is 0.294 e. The van der Waals surface area contributed by atoms with E-state index in [2.05, 4.69) is 5.32 Å². The van der Waals surface area contributed by atoms with E-state index < -0.39 is 4.92 Å². The summed E-state index contributed by atoms with van der Waals surface area (Å²) in [4.78, 5) is 24.5. The number of halogens is 1. The maximum Gasteiger partial charge on any atom is 0.294 e. The van der Waals surface area contributed by atoms with Crippen molar-refractivity contribution in [2.24, 2.45) is 0 Å². The molecule has 1 aromatic carbocycles. The van der Waals surface area contributed by atoms with Crippen LogP contribution in [-0.4, -0.2) is 47.1 Å². The summed E-state index contributed by atoms with van der Waals surface area (Å²) in [5.41, 5.74) is 0.0949. The molecule has 1 aromatic rings. The summed E-state index contributed by atoms with van der Waals surface area (Å²) in [6, 6.07) is 2.39. The monoisotopic (exact) mass is 313 g/mol. The van der Waals surface area contributed by atoms with Crippen LogP contribution in [0.2, 0.25) is 5.02 Å². The minimum absolute atomic E-state index is 0.115. The Kier molecular flexibility index (Phi) is 4.64. The van der Waals surface area contributed by atoms with E-state index in [-0.39, 0.29) is 40.5 Å². The van der Waals surface area contributed by atoms with E-state index in [1.807, 2.05) is 0 Å². The Bertz CT molecular complexity index is 579. The van der Waals surface area contributed by atoms with Crippen LogP contribution in [0, 0.1) is 10.1 Å². The molecule has 114 valence electrons. The highest BCUT2D eigenvalue weighted by Crippen LogP contribution is 2.34. The van der Waals surface area contributed by atoms with Crippen molar-refractivity contribution in [1.29, 1.82) is 0 Å². The first-order chi connectivity index (χ1) is 9.99. The first kappa shape index (κ1) is 15.5. The van der Waals surface area contributed by atoms with Gasteiger partial charge in [0, 0.05) is 25.2 Å². The number of rotatable bonds is 4. The molecule has 21 heavy (non-hydrogen) atoms. The summed E-state index contributed by atoms with van der Waals surface area (Å²) in [6.07, 6.45) is 1.54. The minimum atomic E-state index is -0.581. The van der Waals surface area contributed by atoms with Crippen molar-refractivity contribution >= 4 is 28.9 Å². The van der Waals surface area contributed by atoms with Crippen molar-refractivity contribution in [3.63, 3.8) is 0 Å². The third-order valence-corrected chi connectivity index (χ3v) is 3.91. The van der Waals surface area contributed by atoms with Gasteiger partial charge in [-0.15, -0.1) is 0 Å². The van der Waals surface area contributed by atoms with Gasteiger partial charge in [0.2, 0.25) is 0 Å². The van der Waals surface area contributed by atoms with Gasteiger partial charge in [-0.05, 0) is 18.9 Å². The molecule has 1 heterocycles. The predicted octanol–water partition coefficient (Wildman–Crippen LogP) is 1.89. The van der Waals surface area contributed by atoms with Gasteiger partial charge in [-0.25, -0.2) is 0 Å². The molecule has 0 aromatic heterocycles. The van der Waals surface area contributed by atoms with Crippen LogP contribution in [0.25, 0.3) is 0 Å². The number of aliphatic hydroxyl groups excluding tert-OH is 1. The second kappa shape index (κ2) is 6.28. The average molecular weight is 314 g/mol. The van der Waals surface area contributed by atoms with E-state index in [4.69, 9.17) is 11.6 Å². The maximum absolute atomic E-state index is 12.5. The number of anilines is 1.